The number of ether oxygens (including phenoxy) is 1. The van der Waals surface area contributed by atoms with E-state index in [4.69, 9.17) is 4.74 Å². The van der Waals surface area contributed by atoms with Crippen molar-refractivity contribution in [1.82, 2.24) is 9.47 Å². The molecular weight excluding hydrogens is 328 g/mol. The van der Waals surface area contributed by atoms with E-state index in [-0.39, 0.29) is 11.9 Å². The largest absolute Gasteiger partial charge is 0.444 e. The summed E-state index contributed by atoms with van der Waals surface area (Å²) < 4.78 is 7.51. The Bertz CT molecular complexity index is 593. The number of nitrogens with zero attached hydrogens (tertiary/aromatic N) is 2. The Kier molecular flexibility index (Phi) is 7.30. The first-order valence-corrected chi connectivity index (χ1v) is 9.90. The van der Waals surface area contributed by atoms with Crippen LogP contribution in [0.4, 0.5) is 4.79 Å². The van der Waals surface area contributed by atoms with Gasteiger partial charge in [-0.2, -0.15) is 0 Å². The predicted molar refractivity (Wildman–Crippen MR) is 103 cm³/mol. The quantitative estimate of drug-likeness (QED) is 0.512. The zero-order valence-electron chi connectivity index (χ0n) is 16.8. The standard InChI is InChI=1S/C21H34N2O3/c1-17(24)19-10-8-14-22(19)13-7-5-6-9-18-11-15-23(16-12-18)20(25)26-21(2,3)4/h8,10,14,18H,5-7,9,11-13,15-16H2,1-4H3. The van der Waals surface area contributed by atoms with Crippen molar-refractivity contribution < 1.29 is 14.3 Å². The highest BCUT2D eigenvalue weighted by Crippen LogP contribution is 2.24. The van der Waals surface area contributed by atoms with Gasteiger partial charge in [-0.25, -0.2) is 4.79 Å². The molecule has 26 heavy (non-hydrogen) atoms. The van der Waals surface area contributed by atoms with Crippen LogP contribution in [0.25, 0.3) is 0 Å². The number of unbranched alkanes of at least 4 members (excludes halogenated alkanes) is 2. The lowest BCUT2D eigenvalue weighted by Gasteiger charge is -2.33. The normalized spacial score (nSPS) is 15.9. The molecule has 5 heteroatoms. The number of likely N-dealkylation sites (tertiary alicyclic amines) is 1. The van der Waals surface area contributed by atoms with E-state index in [9.17, 15) is 9.59 Å². The Hall–Kier alpha value is -1.78. The molecule has 1 aromatic rings. The first-order chi connectivity index (χ1) is 12.3. The van der Waals surface area contributed by atoms with Gasteiger partial charge in [0.2, 0.25) is 0 Å². The van der Waals surface area contributed by atoms with Gasteiger partial charge in [0.15, 0.2) is 5.78 Å². The van der Waals surface area contributed by atoms with Crippen molar-refractivity contribution in [3.05, 3.63) is 24.0 Å². The van der Waals surface area contributed by atoms with E-state index < -0.39 is 5.60 Å². The fraction of sp³-hybridized carbons (Fsp3) is 0.714. The summed E-state index contributed by atoms with van der Waals surface area (Å²) in [6.07, 6.45) is 8.69. The minimum Gasteiger partial charge on any atom is -0.444 e. The maximum Gasteiger partial charge on any atom is 0.410 e. The van der Waals surface area contributed by atoms with Crippen LogP contribution >= 0.6 is 0 Å². The molecule has 2 heterocycles. The molecule has 0 aromatic carbocycles. The first-order valence-electron chi connectivity index (χ1n) is 9.90. The van der Waals surface area contributed by atoms with Gasteiger partial charge in [-0.1, -0.05) is 19.3 Å². The van der Waals surface area contributed by atoms with Crippen LogP contribution in [0.3, 0.4) is 0 Å². The number of aromatic nitrogens is 1. The number of ketones is 1. The summed E-state index contributed by atoms with van der Waals surface area (Å²) in [5.74, 6) is 0.847. The number of aryl methyl sites for hydroxylation is 1. The second kappa shape index (κ2) is 9.24. The maximum absolute atomic E-state index is 12.1. The number of amides is 1. The Morgan fingerprint density at radius 1 is 1.15 bits per heavy atom. The molecule has 0 N–H and O–H groups in total. The van der Waals surface area contributed by atoms with E-state index in [1.807, 2.05) is 44.0 Å². The molecule has 1 fully saturated rings. The summed E-state index contributed by atoms with van der Waals surface area (Å²) in [5, 5.41) is 0. The molecule has 0 unspecified atom stereocenters. The molecule has 0 radical (unpaired) electrons. The van der Waals surface area contributed by atoms with Gasteiger partial charge in [0.25, 0.3) is 0 Å². The van der Waals surface area contributed by atoms with Crippen LogP contribution in [0.15, 0.2) is 18.3 Å². The van der Waals surface area contributed by atoms with Crippen molar-refractivity contribution in [2.75, 3.05) is 13.1 Å². The second-order valence-electron chi connectivity index (χ2n) is 8.40. The molecule has 5 nitrogen and oxygen atoms in total. The number of carbonyl (C=O) groups is 2. The summed E-state index contributed by atoms with van der Waals surface area (Å²) in [5.41, 5.74) is 0.384. The molecule has 1 aromatic heterocycles. The molecule has 0 atom stereocenters. The van der Waals surface area contributed by atoms with Crippen LogP contribution in [-0.4, -0.2) is 40.0 Å². The van der Waals surface area contributed by atoms with Gasteiger partial charge in [-0.05, 0) is 58.1 Å². The van der Waals surface area contributed by atoms with E-state index in [0.717, 1.165) is 44.6 Å². The van der Waals surface area contributed by atoms with E-state index in [1.165, 1.54) is 19.3 Å². The van der Waals surface area contributed by atoms with Crippen molar-refractivity contribution in [1.29, 1.82) is 0 Å². The average molecular weight is 363 g/mol. The van der Waals surface area contributed by atoms with Crippen molar-refractivity contribution in [2.24, 2.45) is 5.92 Å². The fourth-order valence-electron chi connectivity index (χ4n) is 3.55. The van der Waals surface area contributed by atoms with Crippen molar-refractivity contribution in [3.63, 3.8) is 0 Å². The molecule has 0 aliphatic carbocycles. The van der Waals surface area contributed by atoms with Gasteiger partial charge in [0, 0.05) is 32.8 Å². The monoisotopic (exact) mass is 362 g/mol. The van der Waals surface area contributed by atoms with Crippen LogP contribution < -0.4 is 0 Å². The topological polar surface area (TPSA) is 51.5 Å². The van der Waals surface area contributed by atoms with Crippen LogP contribution in [0, 0.1) is 5.92 Å². The lowest BCUT2D eigenvalue weighted by molar-refractivity contribution is 0.0180. The minimum atomic E-state index is -0.421. The van der Waals surface area contributed by atoms with Gasteiger partial charge >= 0.3 is 6.09 Å². The maximum atomic E-state index is 12.1. The fourth-order valence-corrected chi connectivity index (χ4v) is 3.55. The van der Waals surface area contributed by atoms with Crippen molar-refractivity contribution in [3.8, 4) is 0 Å². The third-order valence-electron chi connectivity index (χ3n) is 4.97. The number of carbonyl (C=O) groups excluding carboxylic acids is 2. The third kappa shape index (κ3) is 6.50. The summed E-state index contributed by atoms with van der Waals surface area (Å²) >= 11 is 0. The SMILES string of the molecule is CC(=O)c1cccn1CCCCCC1CCN(C(=O)OC(C)(C)C)CC1. The van der Waals surface area contributed by atoms with E-state index >= 15 is 0 Å². The van der Waals surface area contributed by atoms with E-state index in [2.05, 4.69) is 4.57 Å². The van der Waals surface area contributed by atoms with Crippen LogP contribution in [0.5, 0.6) is 0 Å². The minimum absolute atomic E-state index is 0.131. The number of hydrogen-bond donors (Lipinski definition) is 0. The Labute approximate surface area is 157 Å². The van der Waals surface area contributed by atoms with Gasteiger partial charge in [-0.15, -0.1) is 0 Å². The smallest absolute Gasteiger partial charge is 0.410 e. The predicted octanol–water partition coefficient (Wildman–Crippen LogP) is 4.90. The van der Waals surface area contributed by atoms with Gasteiger partial charge in [0.05, 0.1) is 5.69 Å². The highest BCUT2D eigenvalue weighted by Gasteiger charge is 2.26. The molecule has 1 amide bonds. The molecule has 0 saturated carbocycles. The molecule has 1 saturated heterocycles. The highest BCUT2D eigenvalue weighted by molar-refractivity contribution is 5.92. The number of rotatable bonds is 7. The molecule has 0 spiro atoms. The van der Waals surface area contributed by atoms with Crippen molar-refractivity contribution >= 4 is 11.9 Å². The third-order valence-corrected chi connectivity index (χ3v) is 4.97. The summed E-state index contributed by atoms with van der Waals surface area (Å²) in [7, 11) is 0. The lowest BCUT2D eigenvalue weighted by Crippen LogP contribution is -2.41. The molecule has 0 bridgehead atoms. The van der Waals surface area contributed by atoms with Gasteiger partial charge < -0.3 is 14.2 Å². The van der Waals surface area contributed by atoms with Gasteiger partial charge in [0.1, 0.15) is 5.60 Å². The lowest BCUT2D eigenvalue weighted by atomic mass is 9.91. The second-order valence-corrected chi connectivity index (χ2v) is 8.40. The summed E-state index contributed by atoms with van der Waals surface area (Å²) in [6, 6.07) is 3.83. The highest BCUT2D eigenvalue weighted by atomic mass is 16.6. The average Bonchev–Trinajstić information content (AvgIpc) is 3.02. The molecular formula is C21H34N2O3. The summed E-state index contributed by atoms with van der Waals surface area (Å²) in [4.78, 5) is 25.4. The molecule has 146 valence electrons. The number of piperidine rings is 1. The van der Waals surface area contributed by atoms with E-state index in [0.29, 0.717) is 5.92 Å². The van der Waals surface area contributed by atoms with Crippen LogP contribution in [0.1, 0.15) is 76.7 Å². The Morgan fingerprint density at radius 3 is 2.46 bits per heavy atom. The Morgan fingerprint density at radius 2 is 1.85 bits per heavy atom. The molecule has 1 aliphatic rings. The van der Waals surface area contributed by atoms with Gasteiger partial charge in [-0.3, -0.25) is 4.79 Å². The van der Waals surface area contributed by atoms with Crippen LogP contribution in [-0.2, 0) is 11.3 Å². The zero-order chi connectivity index (χ0) is 19.2. The summed E-state index contributed by atoms with van der Waals surface area (Å²) in [6.45, 7) is 9.88. The number of Topliss-reactive ketones (excluding diaryl/α,β-unsaturated/α-hetero) is 1. The zero-order valence-corrected chi connectivity index (χ0v) is 16.8. The molecule has 2 rings (SSSR count). The van der Waals surface area contributed by atoms with E-state index in [1.54, 1.807) is 6.92 Å². The van der Waals surface area contributed by atoms with Crippen LogP contribution in [0.2, 0.25) is 0 Å². The molecule has 1 aliphatic heterocycles. The number of hydrogen-bond acceptors (Lipinski definition) is 3. The first kappa shape index (κ1) is 20.5. The van der Waals surface area contributed by atoms with Crippen molar-refractivity contribution in [2.45, 2.75) is 78.4 Å². The Balaban J connectivity index is 1.60.